The lowest BCUT2D eigenvalue weighted by molar-refractivity contribution is 0.418. The van der Waals surface area contributed by atoms with E-state index in [1.807, 2.05) is 0 Å². The van der Waals surface area contributed by atoms with Crippen molar-refractivity contribution in [3.05, 3.63) is 11.6 Å². The summed E-state index contributed by atoms with van der Waals surface area (Å²) < 4.78 is 0. The summed E-state index contributed by atoms with van der Waals surface area (Å²) in [6.07, 6.45) is 6.03. The summed E-state index contributed by atoms with van der Waals surface area (Å²) in [5, 5.41) is 0. The molecule has 0 bridgehead atoms. The van der Waals surface area contributed by atoms with Crippen LogP contribution in [-0.2, 0) is 0 Å². The Morgan fingerprint density at radius 1 is 1.20 bits per heavy atom. The quantitative estimate of drug-likeness (QED) is 0.633. The van der Waals surface area contributed by atoms with Crippen LogP contribution in [0.2, 0.25) is 0 Å². The number of unbranched alkanes of at least 4 members (excludes halogenated alkanes) is 1. The average Bonchev–Trinajstić information content (AvgIpc) is 2.23. The van der Waals surface area contributed by atoms with Gasteiger partial charge in [0, 0.05) is 0 Å². The fraction of sp³-hybridized carbons (Fsp3) is 0.857. The fourth-order valence-electron chi connectivity index (χ4n) is 1.96. The van der Waals surface area contributed by atoms with Gasteiger partial charge in [-0.3, -0.25) is 0 Å². The molecule has 0 amide bonds. The predicted molar refractivity (Wildman–Crippen MR) is 69.8 cm³/mol. The fourth-order valence-corrected chi connectivity index (χ4v) is 1.96. The van der Waals surface area contributed by atoms with Crippen molar-refractivity contribution in [1.82, 2.24) is 0 Å². The second-order valence-corrected chi connectivity index (χ2v) is 4.87. The van der Waals surface area contributed by atoms with Crippen LogP contribution in [0.25, 0.3) is 0 Å². The van der Waals surface area contributed by atoms with Crippen LogP contribution in [0.4, 0.5) is 0 Å². The molecule has 0 aliphatic rings. The van der Waals surface area contributed by atoms with Crippen LogP contribution in [0.15, 0.2) is 11.6 Å². The molecule has 15 heavy (non-hydrogen) atoms. The zero-order chi connectivity index (χ0) is 11.8. The molecule has 0 aromatic rings. The lowest BCUT2D eigenvalue weighted by Crippen LogP contribution is -2.22. The molecule has 0 rings (SSSR count). The van der Waals surface area contributed by atoms with Gasteiger partial charge in [0.25, 0.3) is 0 Å². The van der Waals surface area contributed by atoms with Crippen molar-refractivity contribution < 1.29 is 0 Å². The first-order chi connectivity index (χ1) is 7.08. The summed E-state index contributed by atoms with van der Waals surface area (Å²) in [7, 11) is 0. The van der Waals surface area contributed by atoms with Gasteiger partial charge >= 0.3 is 0 Å². The van der Waals surface area contributed by atoms with Gasteiger partial charge in [-0.1, -0.05) is 52.7 Å². The second kappa shape index (κ2) is 7.92. The minimum atomic E-state index is 0.592. The topological polar surface area (TPSA) is 26.0 Å². The molecule has 0 saturated heterocycles. The summed E-state index contributed by atoms with van der Waals surface area (Å²) in [4.78, 5) is 0. The number of nitrogens with two attached hydrogens (primary N) is 1. The SMILES string of the molecule is CCC/C=C(/C(CC)CN)C(C)C(C)C. The van der Waals surface area contributed by atoms with Crippen molar-refractivity contribution in [2.24, 2.45) is 23.5 Å². The highest BCUT2D eigenvalue weighted by Gasteiger charge is 2.19. The van der Waals surface area contributed by atoms with E-state index < -0.39 is 0 Å². The molecule has 0 radical (unpaired) electrons. The van der Waals surface area contributed by atoms with Gasteiger partial charge in [-0.15, -0.1) is 0 Å². The van der Waals surface area contributed by atoms with Crippen LogP contribution in [0.5, 0.6) is 0 Å². The van der Waals surface area contributed by atoms with Crippen LogP contribution in [0.3, 0.4) is 0 Å². The molecule has 0 aliphatic carbocycles. The Labute approximate surface area is 96.1 Å². The smallest absolute Gasteiger partial charge is 0.00115 e. The maximum absolute atomic E-state index is 5.85. The standard InChI is InChI=1S/C14H29N/c1-6-8-9-14(12(5)11(3)4)13(7-2)10-15/h9,11-13H,6-8,10,15H2,1-5H3/b14-9+. The molecule has 1 nitrogen and oxygen atoms in total. The molecule has 2 unspecified atom stereocenters. The first-order valence-electron chi connectivity index (χ1n) is 6.48. The summed E-state index contributed by atoms with van der Waals surface area (Å²) in [6, 6.07) is 0. The van der Waals surface area contributed by atoms with Crippen molar-refractivity contribution in [2.45, 2.75) is 53.9 Å². The average molecular weight is 211 g/mol. The molecule has 2 atom stereocenters. The van der Waals surface area contributed by atoms with E-state index >= 15 is 0 Å². The van der Waals surface area contributed by atoms with Crippen molar-refractivity contribution >= 4 is 0 Å². The Balaban J connectivity index is 4.70. The first kappa shape index (κ1) is 14.7. The molecule has 2 N–H and O–H groups in total. The Morgan fingerprint density at radius 2 is 1.80 bits per heavy atom. The van der Waals surface area contributed by atoms with Gasteiger partial charge in [-0.05, 0) is 37.1 Å². The van der Waals surface area contributed by atoms with E-state index in [4.69, 9.17) is 5.73 Å². The van der Waals surface area contributed by atoms with Gasteiger partial charge in [0.1, 0.15) is 0 Å². The first-order valence-corrected chi connectivity index (χ1v) is 6.48. The van der Waals surface area contributed by atoms with Gasteiger partial charge in [-0.2, -0.15) is 0 Å². The number of hydrogen-bond acceptors (Lipinski definition) is 1. The molecule has 0 fully saturated rings. The molecular formula is C14H29N. The highest BCUT2D eigenvalue weighted by atomic mass is 14.5. The van der Waals surface area contributed by atoms with E-state index in [1.54, 1.807) is 5.57 Å². The van der Waals surface area contributed by atoms with Crippen LogP contribution < -0.4 is 5.73 Å². The van der Waals surface area contributed by atoms with E-state index in [0.717, 1.165) is 6.54 Å². The van der Waals surface area contributed by atoms with Crippen LogP contribution >= 0.6 is 0 Å². The van der Waals surface area contributed by atoms with E-state index in [1.165, 1.54) is 19.3 Å². The van der Waals surface area contributed by atoms with Crippen molar-refractivity contribution in [3.63, 3.8) is 0 Å². The molecule has 0 aromatic heterocycles. The molecular weight excluding hydrogens is 182 g/mol. The monoisotopic (exact) mass is 211 g/mol. The summed E-state index contributed by atoms with van der Waals surface area (Å²) in [5.41, 5.74) is 7.45. The van der Waals surface area contributed by atoms with Crippen molar-refractivity contribution in [3.8, 4) is 0 Å². The zero-order valence-electron chi connectivity index (χ0n) is 11.2. The third kappa shape index (κ3) is 4.83. The van der Waals surface area contributed by atoms with Gasteiger partial charge in [0.15, 0.2) is 0 Å². The number of allylic oxidation sites excluding steroid dienone is 1. The van der Waals surface area contributed by atoms with Crippen molar-refractivity contribution in [1.29, 1.82) is 0 Å². The zero-order valence-corrected chi connectivity index (χ0v) is 11.2. The van der Waals surface area contributed by atoms with Crippen LogP contribution in [-0.4, -0.2) is 6.54 Å². The number of hydrogen-bond donors (Lipinski definition) is 1. The largest absolute Gasteiger partial charge is 0.330 e. The minimum absolute atomic E-state index is 0.592. The predicted octanol–water partition coefficient (Wildman–Crippen LogP) is 3.99. The Bertz CT molecular complexity index is 174. The molecule has 0 aliphatic heterocycles. The van der Waals surface area contributed by atoms with Gasteiger partial charge < -0.3 is 5.73 Å². The number of rotatable bonds is 7. The van der Waals surface area contributed by atoms with E-state index in [0.29, 0.717) is 17.8 Å². The van der Waals surface area contributed by atoms with Crippen LogP contribution in [0.1, 0.15) is 53.9 Å². The summed E-state index contributed by atoms with van der Waals surface area (Å²) >= 11 is 0. The van der Waals surface area contributed by atoms with E-state index in [2.05, 4.69) is 40.7 Å². The third-order valence-electron chi connectivity index (χ3n) is 3.44. The van der Waals surface area contributed by atoms with E-state index in [9.17, 15) is 0 Å². The Kier molecular flexibility index (Phi) is 7.76. The lowest BCUT2D eigenvalue weighted by Gasteiger charge is -2.26. The highest BCUT2D eigenvalue weighted by molar-refractivity contribution is 5.11. The molecule has 90 valence electrons. The molecule has 1 heteroatoms. The normalized spacial score (nSPS) is 16.9. The third-order valence-corrected chi connectivity index (χ3v) is 3.44. The molecule has 0 heterocycles. The second-order valence-electron chi connectivity index (χ2n) is 4.87. The van der Waals surface area contributed by atoms with E-state index in [-0.39, 0.29) is 0 Å². The van der Waals surface area contributed by atoms with Gasteiger partial charge in [-0.25, -0.2) is 0 Å². The lowest BCUT2D eigenvalue weighted by atomic mass is 9.80. The Morgan fingerprint density at radius 3 is 2.13 bits per heavy atom. The molecule has 0 saturated carbocycles. The Hall–Kier alpha value is -0.300. The van der Waals surface area contributed by atoms with Crippen molar-refractivity contribution in [2.75, 3.05) is 6.54 Å². The van der Waals surface area contributed by atoms with Gasteiger partial charge in [0.2, 0.25) is 0 Å². The highest BCUT2D eigenvalue weighted by Crippen LogP contribution is 2.28. The summed E-state index contributed by atoms with van der Waals surface area (Å²) in [6.45, 7) is 12.2. The minimum Gasteiger partial charge on any atom is -0.330 e. The summed E-state index contributed by atoms with van der Waals surface area (Å²) in [5.74, 6) is 1.98. The van der Waals surface area contributed by atoms with Gasteiger partial charge in [0.05, 0.1) is 0 Å². The maximum atomic E-state index is 5.85. The molecule has 0 spiro atoms. The maximum Gasteiger partial charge on any atom is -0.00115 e. The molecule has 0 aromatic carbocycles. The van der Waals surface area contributed by atoms with Crippen LogP contribution in [0, 0.1) is 17.8 Å².